The Balaban J connectivity index is 3.78. The Morgan fingerprint density at radius 1 is 0.643 bits per heavy atom. The van der Waals surface area contributed by atoms with E-state index in [1.165, 1.54) is 0 Å². The molecular weight excluding hydrogens is 268 g/mol. The average molecular weight is 268 g/mol. The lowest BCUT2D eigenvalue weighted by Gasteiger charge is -2.05. The molecule has 1 aromatic rings. The monoisotopic (exact) mass is 266 g/mol. The highest BCUT2D eigenvalue weighted by Gasteiger charge is 2.19. The number of hydrogen-bond acceptors (Lipinski definition) is 2. The van der Waals surface area contributed by atoms with Gasteiger partial charge in [-0.05, 0) is 0 Å². The third kappa shape index (κ3) is 1.63. The van der Waals surface area contributed by atoms with Crippen LogP contribution in [0.4, 0.5) is 0 Å². The first-order chi connectivity index (χ1) is 6.54. The van der Waals surface area contributed by atoms with Crippen LogP contribution in [-0.4, -0.2) is 0 Å². The molecule has 0 aliphatic carbocycles. The minimum Gasteiger partial charge on any atom is -0.192 e. The van der Waals surface area contributed by atoms with Gasteiger partial charge in [-0.1, -0.05) is 46.4 Å². The van der Waals surface area contributed by atoms with Gasteiger partial charge in [0.15, 0.2) is 0 Å². The van der Waals surface area contributed by atoms with Gasteiger partial charge in [0.05, 0.1) is 31.2 Å². The Bertz CT molecular complexity index is 441. The van der Waals surface area contributed by atoms with Crippen LogP contribution >= 0.6 is 46.4 Å². The quantitative estimate of drug-likeness (QED) is 0.405. The Labute approximate surface area is 100 Å². The van der Waals surface area contributed by atoms with Crippen LogP contribution in [0.2, 0.25) is 20.1 Å². The van der Waals surface area contributed by atoms with Crippen LogP contribution in [0.5, 0.6) is 0 Å². The zero-order chi connectivity index (χ0) is 10.9. The maximum Gasteiger partial charge on any atom is 0.102 e. The maximum absolute atomic E-state index is 8.70. The number of rotatable bonds is 0. The molecule has 0 unspecified atom stereocenters. The molecule has 14 heavy (non-hydrogen) atoms. The SMILES string of the molecule is N#[13C]c1c(Cl)c(Cl)c(Cl)c([13C]#N)c1Cl. The second-order valence-corrected chi connectivity index (χ2v) is 3.74. The van der Waals surface area contributed by atoms with Crippen LogP contribution in [0.25, 0.3) is 0 Å². The molecule has 6 heteroatoms. The van der Waals surface area contributed by atoms with Gasteiger partial charge < -0.3 is 0 Å². The minimum absolute atomic E-state index is 0.0363. The van der Waals surface area contributed by atoms with Gasteiger partial charge >= 0.3 is 0 Å². The van der Waals surface area contributed by atoms with Crippen molar-refractivity contribution in [2.45, 2.75) is 0 Å². The third-order valence-corrected chi connectivity index (χ3v) is 3.19. The Hall–Kier alpha value is -0.640. The number of nitriles is 2. The highest BCUT2D eigenvalue weighted by molar-refractivity contribution is 6.50. The molecule has 0 amide bonds. The molecule has 70 valence electrons. The molecule has 2 nitrogen and oxygen atoms in total. The van der Waals surface area contributed by atoms with Gasteiger partial charge in [0.1, 0.15) is 12.1 Å². The highest BCUT2D eigenvalue weighted by Crippen LogP contribution is 2.40. The van der Waals surface area contributed by atoms with Gasteiger partial charge in [0.2, 0.25) is 0 Å². The van der Waals surface area contributed by atoms with Crippen molar-refractivity contribution in [2.75, 3.05) is 0 Å². The fraction of sp³-hybridized carbons (Fsp3) is 0. The van der Waals surface area contributed by atoms with Crippen LogP contribution in [0, 0.1) is 22.7 Å². The lowest BCUT2D eigenvalue weighted by atomic mass is 10.2. The van der Waals surface area contributed by atoms with Crippen molar-refractivity contribution in [3.05, 3.63) is 31.2 Å². The smallest absolute Gasteiger partial charge is 0.102 e. The molecule has 0 aromatic heterocycles. The van der Waals surface area contributed by atoms with E-state index in [1.54, 1.807) is 12.1 Å². The van der Waals surface area contributed by atoms with E-state index in [-0.39, 0.29) is 31.2 Å². The van der Waals surface area contributed by atoms with Crippen molar-refractivity contribution in [2.24, 2.45) is 0 Å². The van der Waals surface area contributed by atoms with Gasteiger partial charge in [0, 0.05) is 0 Å². The second-order valence-electron chi connectivity index (χ2n) is 2.23. The largest absolute Gasteiger partial charge is 0.192 e. The fourth-order valence-corrected chi connectivity index (χ4v) is 1.90. The van der Waals surface area contributed by atoms with Crippen LogP contribution in [-0.2, 0) is 0 Å². The number of hydrogen-bond donors (Lipinski definition) is 0. The molecule has 0 saturated carbocycles. The van der Waals surface area contributed by atoms with E-state index in [9.17, 15) is 0 Å². The van der Waals surface area contributed by atoms with Gasteiger partial charge in [-0.15, -0.1) is 0 Å². The summed E-state index contributed by atoms with van der Waals surface area (Å²) < 4.78 is 0. The normalized spacial score (nSPS) is 9.29. The summed E-state index contributed by atoms with van der Waals surface area (Å²) in [5.74, 6) is 0. The van der Waals surface area contributed by atoms with Crippen LogP contribution in [0.1, 0.15) is 11.1 Å². The van der Waals surface area contributed by atoms with E-state index in [1.807, 2.05) is 0 Å². The van der Waals surface area contributed by atoms with Gasteiger partial charge in [-0.3, -0.25) is 0 Å². The summed E-state index contributed by atoms with van der Waals surface area (Å²) in [5.41, 5.74) is -0.0847. The molecular formula is C8Cl4N2. The van der Waals surface area contributed by atoms with Crippen LogP contribution < -0.4 is 0 Å². The highest BCUT2D eigenvalue weighted by atomic mass is 35.5. The summed E-state index contributed by atoms with van der Waals surface area (Å²) in [6, 6.07) is 3.50. The average Bonchev–Trinajstić information content (AvgIpc) is 2.16. The number of halogens is 4. The Morgan fingerprint density at radius 3 is 1.29 bits per heavy atom. The molecule has 0 aliphatic heterocycles. The number of benzene rings is 1. The van der Waals surface area contributed by atoms with E-state index >= 15 is 0 Å². The molecule has 0 saturated heterocycles. The summed E-state index contributed by atoms with van der Waals surface area (Å²) >= 11 is 22.8. The molecule has 1 aromatic carbocycles. The predicted octanol–water partition coefficient (Wildman–Crippen LogP) is 4.04. The molecule has 0 heterocycles. The molecule has 1 rings (SSSR count). The minimum atomic E-state index is -0.0746. The lowest BCUT2D eigenvalue weighted by molar-refractivity contribution is 1.45. The van der Waals surface area contributed by atoms with E-state index < -0.39 is 0 Å². The van der Waals surface area contributed by atoms with Gasteiger partial charge in [0.25, 0.3) is 0 Å². The van der Waals surface area contributed by atoms with Gasteiger partial charge in [-0.2, -0.15) is 10.5 Å². The summed E-state index contributed by atoms with van der Waals surface area (Å²) in [5, 5.41) is 17.2. The third-order valence-electron chi connectivity index (χ3n) is 1.49. The molecule has 0 atom stereocenters. The van der Waals surface area contributed by atoms with Crippen molar-refractivity contribution in [3.63, 3.8) is 0 Å². The standard InChI is InChI=1S/C8Cl4N2/c9-5-3(1-13)6(10)8(12)7(11)4(5)2-14/i1+1,2+1. The Kier molecular flexibility index (Phi) is 3.48. The number of nitrogens with zero attached hydrogens (tertiary/aromatic N) is 2. The first-order valence-corrected chi connectivity index (χ1v) is 4.72. The zero-order valence-electron chi connectivity index (χ0n) is 6.41. The zero-order valence-corrected chi connectivity index (χ0v) is 9.43. The molecule has 0 aliphatic rings. The molecule has 0 spiro atoms. The molecule has 0 fully saturated rings. The predicted molar refractivity (Wildman–Crippen MR) is 55.9 cm³/mol. The molecule has 0 bridgehead atoms. The van der Waals surface area contributed by atoms with Crippen molar-refractivity contribution < 1.29 is 0 Å². The summed E-state index contributed by atoms with van der Waals surface area (Å²) in [4.78, 5) is 0. The maximum atomic E-state index is 8.70. The fourth-order valence-electron chi connectivity index (χ4n) is 0.830. The topological polar surface area (TPSA) is 47.6 Å². The second kappa shape index (κ2) is 4.26. The molecule has 0 N–H and O–H groups in total. The lowest BCUT2D eigenvalue weighted by Crippen LogP contribution is -1.89. The first kappa shape index (κ1) is 11.4. The molecule has 0 radical (unpaired) electrons. The Morgan fingerprint density at radius 2 is 1.00 bits per heavy atom. The van der Waals surface area contributed by atoms with Crippen LogP contribution in [0.3, 0.4) is 0 Å². The van der Waals surface area contributed by atoms with E-state index in [0.717, 1.165) is 0 Å². The van der Waals surface area contributed by atoms with Gasteiger partial charge in [-0.25, -0.2) is 0 Å². The van der Waals surface area contributed by atoms with Crippen molar-refractivity contribution in [3.8, 4) is 12.1 Å². The van der Waals surface area contributed by atoms with E-state index in [2.05, 4.69) is 0 Å². The summed E-state index contributed by atoms with van der Waals surface area (Å²) in [6.07, 6.45) is 0. The van der Waals surface area contributed by atoms with Crippen molar-refractivity contribution >= 4 is 46.4 Å². The first-order valence-electron chi connectivity index (χ1n) is 3.20. The summed E-state index contributed by atoms with van der Waals surface area (Å²) in [6.45, 7) is 0. The van der Waals surface area contributed by atoms with E-state index in [4.69, 9.17) is 56.9 Å². The van der Waals surface area contributed by atoms with E-state index in [0.29, 0.717) is 0 Å². The summed E-state index contributed by atoms with van der Waals surface area (Å²) in [7, 11) is 0. The van der Waals surface area contributed by atoms with Crippen molar-refractivity contribution in [1.82, 2.24) is 0 Å². The van der Waals surface area contributed by atoms with Crippen molar-refractivity contribution in [1.29, 1.82) is 10.5 Å². The van der Waals surface area contributed by atoms with Crippen LogP contribution in [0.15, 0.2) is 0 Å².